The number of nitrogens with zero attached hydrogens (tertiary/aromatic N) is 3. The molecule has 0 aliphatic heterocycles. The van der Waals surface area contributed by atoms with Crippen LogP contribution >= 0.6 is 43.6 Å². The number of nitrogens with one attached hydrogen (secondary N) is 1. The highest BCUT2D eigenvalue weighted by Gasteiger charge is 2.16. The van der Waals surface area contributed by atoms with Gasteiger partial charge in [-0.15, -0.1) is 16.8 Å². The third-order valence-electron chi connectivity index (χ3n) is 4.40. The largest absolute Gasteiger partial charge is 0.490 e. The van der Waals surface area contributed by atoms with Gasteiger partial charge in [0.05, 0.1) is 18.0 Å². The second-order valence-electron chi connectivity index (χ2n) is 6.93. The second-order valence-corrected chi connectivity index (χ2v) is 9.64. The summed E-state index contributed by atoms with van der Waals surface area (Å²) < 4.78 is 15.2. The molecule has 2 aromatic carbocycles. The summed E-state index contributed by atoms with van der Waals surface area (Å²) in [4.78, 5) is 12.5. The molecule has 3 rings (SSSR count). The van der Waals surface area contributed by atoms with Gasteiger partial charge in [0.15, 0.2) is 22.5 Å². The molecular weight excluding hydrogens is 572 g/mol. The maximum atomic E-state index is 12.5. The van der Waals surface area contributed by atoms with Crippen molar-refractivity contribution in [1.82, 2.24) is 14.8 Å². The first-order chi connectivity index (χ1) is 15.9. The third-order valence-corrected chi connectivity index (χ3v) is 6.55. The van der Waals surface area contributed by atoms with Crippen molar-refractivity contribution in [3.8, 4) is 11.5 Å². The highest BCUT2D eigenvalue weighted by atomic mass is 79.9. The number of hydrogen-bond donors (Lipinski definition) is 1. The number of amides is 1. The number of rotatable bonds is 11. The van der Waals surface area contributed by atoms with Crippen LogP contribution in [0.15, 0.2) is 63.2 Å². The van der Waals surface area contributed by atoms with E-state index in [1.807, 2.05) is 54.8 Å². The molecule has 1 aromatic heterocycles. The van der Waals surface area contributed by atoms with Gasteiger partial charge in [0.1, 0.15) is 6.61 Å². The first kappa shape index (κ1) is 25.3. The van der Waals surface area contributed by atoms with E-state index in [1.54, 1.807) is 6.08 Å². The number of carbonyl (C=O) groups excluding carboxylic acids is 1. The molecule has 0 fully saturated rings. The zero-order valence-corrected chi connectivity index (χ0v) is 22.3. The minimum absolute atomic E-state index is 0.147. The number of aromatic nitrogens is 3. The predicted octanol–water partition coefficient (Wildman–Crippen LogP) is 6.01. The lowest BCUT2D eigenvalue weighted by atomic mass is 10.2. The van der Waals surface area contributed by atoms with Crippen LogP contribution in [0.25, 0.3) is 0 Å². The minimum atomic E-state index is -0.147. The quantitative estimate of drug-likeness (QED) is 0.216. The Morgan fingerprint density at radius 1 is 1.18 bits per heavy atom. The number of thioether (sulfide) groups is 1. The van der Waals surface area contributed by atoms with Gasteiger partial charge in [0.25, 0.3) is 0 Å². The standard InChI is InChI=1S/C23H24Br2N4O3S/c1-4-10-29-21(13-32-19-9-6-15(3)11-20(19)31-5-2)27-28-23(29)33-14-22(30)26-18-12-16(24)7-8-17(18)25/h4,6-9,11-12H,1,5,10,13-14H2,2-3H3,(H,26,30). The summed E-state index contributed by atoms with van der Waals surface area (Å²) in [7, 11) is 0. The summed E-state index contributed by atoms with van der Waals surface area (Å²) in [5.41, 5.74) is 1.78. The molecule has 1 heterocycles. The average Bonchev–Trinajstić information content (AvgIpc) is 3.16. The van der Waals surface area contributed by atoms with Crippen LogP contribution in [-0.4, -0.2) is 33.0 Å². The molecule has 3 aromatic rings. The van der Waals surface area contributed by atoms with Crippen LogP contribution in [0.5, 0.6) is 11.5 Å². The normalized spacial score (nSPS) is 10.7. The number of allylic oxidation sites excluding steroid dienone is 1. The van der Waals surface area contributed by atoms with E-state index in [0.29, 0.717) is 41.3 Å². The number of benzene rings is 2. The molecular formula is C23H24Br2N4O3S. The molecule has 1 amide bonds. The summed E-state index contributed by atoms with van der Waals surface area (Å²) in [6.45, 7) is 9.01. The van der Waals surface area contributed by atoms with Gasteiger partial charge >= 0.3 is 0 Å². The maximum Gasteiger partial charge on any atom is 0.234 e. The predicted molar refractivity (Wildman–Crippen MR) is 138 cm³/mol. The SMILES string of the molecule is C=CCn1c(COc2ccc(C)cc2OCC)nnc1SCC(=O)Nc1cc(Br)ccc1Br. The average molecular weight is 596 g/mol. The number of halogens is 2. The summed E-state index contributed by atoms with van der Waals surface area (Å²) in [6, 6.07) is 11.4. The fraction of sp³-hybridized carbons (Fsp3) is 0.261. The van der Waals surface area contributed by atoms with E-state index in [1.165, 1.54) is 11.8 Å². The Balaban J connectivity index is 1.66. The number of hydrogen-bond acceptors (Lipinski definition) is 6. The Morgan fingerprint density at radius 3 is 2.76 bits per heavy atom. The molecule has 0 spiro atoms. The molecule has 7 nitrogen and oxygen atoms in total. The Labute approximate surface area is 214 Å². The molecule has 0 bridgehead atoms. The first-order valence-electron chi connectivity index (χ1n) is 10.2. The van der Waals surface area contributed by atoms with Gasteiger partial charge in [-0.25, -0.2) is 0 Å². The van der Waals surface area contributed by atoms with E-state index >= 15 is 0 Å². The van der Waals surface area contributed by atoms with Crippen molar-refractivity contribution in [1.29, 1.82) is 0 Å². The van der Waals surface area contributed by atoms with Crippen LogP contribution in [0, 0.1) is 6.92 Å². The summed E-state index contributed by atoms with van der Waals surface area (Å²) in [5.74, 6) is 2.00. The topological polar surface area (TPSA) is 78.3 Å². The van der Waals surface area contributed by atoms with Crippen molar-refractivity contribution < 1.29 is 14.3 Å². The van der Waals surface area contributed by atoms with Gasteiger partial charge in [-0.3, -0.25) is 9.36 Å². The smallest absolute Gasteiger partial charge is 0.234 e. The monoisotopic (exact) mass is 594 g/mol. The third kappa shape index (κ3) is 7.09. The van der Waals surface area contributed by atoms with Crippen molar-refractivity contribution in [2.45, 2.75) is 32.2 Å². The second kappa shape index (κ2) is 12.2. The fourth-order valence-electron chi connectivity index (χ4n) is 2.90. The highest BCUT2D eigenvalue weighted by Crippen LogP contribution is 2.30. The minimum Gasteiger partial charge on any atom is -0.490 e. The van der Waals surface area contributed by atoms with Crippen LogP contribution < -0.4 is 14.8 Å². The van der Waals surface area contributed by atoms with Gasteiger partial charge in [-0.05, 0) is 65.7 Å². The zero-order chi connectivity index (χ0) is 23.8. The maximum absolute atomic E-state index is 12.5. The van der Waals surface area contributed by atoms with Crippen molar-refractivity contribution in [3.05, 3.63) is 69.4 Å². The molecule has 33 heavy (non-hydrogen) atoms. The summed E-state index contributed by atoms with van der Waals surface area (Å²) in [5, 5.41) is 12.0. The lowest BCUT2D eigenvalue weighted by Crippen LogP contribution is -2.15. The van der Waals surface area contributed by atoms with Crippen molar-refractivity contribution in [2.75, 3.05) is 17.7 Å². The molecule has 174 valence electrons. The molecule has 1 N–H and O–H groups in total. The van der Waals surface area contributed by atoms with E-state index in [2.05, 4.69) is 54.0 Å². The molecule has 0 saturated heterocycles. The Hall–Kier alpha value is -2.30. The van der Waals surface area contributed by atoms with Crippen molar-refractivity contribution in [2.24, 2.45) is 0 Å². The van der Waals surface area contributed by atoms with E-state index in [-0.39, 0.29) is 18.3 Å². The zero-order valence-electron chi connectivity index (χ0n) is 18.3. The molecule has 10 heteroatoms. The van der Waals surface area contributed by atoms with Crippen LogP contribution in [-0.2, 0) is 17.9 Å². The van der Waals surface area contributed by atoms with Crippen LogP contribution in [0.4, 0.5) is 5.69 Å². The Kier molecular flexibility index (Phi) is 9.40. The lowest BCUT2D eigenvalue weighted by molar-refractivity contribution is -0.113. The molecule has 0 radical (unpaired) electrons. The molecule has 0 aliphatic rings. The number of ether oxygens (including phenoxy) is 2. The first-order valence-corrected chi connectivity index (χ1v) is 12.7. The Morgan fingerprint density at radius 2 is 2.00 bits per heavy atom. The molecule has 0 aliphatic carbocycles. The fourth-order valence-corrected chi connectivity index (χ4v) is 4.37. The van der Waals surface area contributed by atoms with Crippen LogP contribution in [0.2, 0.25) is 0 Å². The van der Waals surface area contributed by atoms with E-state index in [4.69, 9.17) is 9.47 Å². The van der Waals surface area contributed by atoms with Gasteiger partial charge < -0.3 is 14.8 Å². The summed E-state index contributed by atoms with van der Waals surface area (Å²) in [6.07, 6.45) is 1.76. The van der Waals surface area contributed by atoms with E-state index < -0.39 is 0 Å². The van der Waals surface area contributed by atoms with Gasteiger partial charge in [-0.1, -0.05) is 39.8 Å². The number of anilines is 1. The summed E-state index contributed by atoms with van der Waals surface area (Å²) >= 11 is 8.16. The molecule has 0 unspecified atom stereocenters. The van der Waals surface area contributed by atoms with E-state index in [0.717, 1.165) is 14.5 Å². The van der Waals surface area contributed by atoms with Crippen molar-refractivity contribution in [3.63, 3.8) is 0 Å². The van der Waals surface area contributed by atoms with Gasteiger partial charge in [0, 0.05) is 15.5 Å². The van der Waals surface area contributed by atoms with Gasteiger partial charge in [0.2, 0.25) is 5.91 Å². The Bertz CT molecular complexity index is 1140. The van der Waals surface area contributed by atoms with Crippen LogP contribution in [0.1, 0.15) is 18.3 Å². The number of aryl methyl sites for hydroxylation is 1. The van der Waals surface area contributed by atoms with E-state index in [9.17, 15) is 4.79 Å². The highest BCUT2D eigenvalue weighted by molar-refractivity contribution is 9.11. The van der Waals surface area contributed by atoms with Gasteiger partial charge in [-0.2, -0.15) is 0 Å². The molecule has 0 atom stereocenters. The van der Waals surface area contributed by atoms with Crippen molar-refractivity contribution >= 4 is 55.2 Å². The number of carbonyl (C=O) groups is 1. The van der Waals surface area contributed by atoms with Crippen LogP contribution in [0.3, 0.4) is 0 Å². The molecule has 0 saturated carbocycles. The lowest BCUT2D eigenvalue weighted by Gasteiger charge is -2.13.